The predicted octanol–water partition coefficient (Wildman–Crippen LogP) is 3.78. The highest BCUT2D eigenvalue weighted by Gasteiger charge is 2.33. The molecule has 0 aliphatic carbocycles. The molecule has 0 aliphatic heterocycles. The van der Waals surface area contributed by atoms with E-state index in [9.17, 15) is 13.2 Å². The highest BCUT2D eigenvalue weighted by Crippen LogP contribution is 2.35. The van der Waals surface area contributed by atoms with Gasteiger partial charge in [-0.25, -0.2) is 0 Å². The highest BCUT2D eigenvalue weighted by atomic mass is 35.5. The Labute approximate surface area is 96.2 Å². The summed E-state index contributed by atoms with van der Waals surface area (Å²) >= 11 is 5.31. The Balaban J connectivity index is 0. The summed E-state index contributed by atoms with van der Waals surface area (Å²) in [6.45, 7) is 0. The quantitative estimate of drug-likeness (QED) is 0.712. The molecule has 0 heterocycles. The second-order valence-corrected chi connectivity index (χ2v) is 2.64. The van der Waals surface area contributed by atoms with Crippen LogP contribution in [-0.2, 0) is 6.18 Å². The average molecular weight is 268 g/mol. The lowest BCUT2D eigenvalue weighted by Crippen LogP contribution is -2.06. The number of hydrogen-bond acceptors (Lipinski definition) is 1. The van der Waals surface area contributed by atoms with Crippen LogP contribution in [0.3, 0.4) is 0 Å². The van der Waals surface area contributed by atoms with Gasteiger partial charge in [-0.05, 0) is 18.2 Å². The zero-order chi connectivity index (χ0) is 9.35. The summed E-state index contributed by atoms with van der Waals surface area (Å²) in [6.07, 6.45) is -4.44. The second kappa shape index (κ2) is 5.53. The maximum absolute atomic E-state index is 12.1. The van der Waals surface area contributed by atoms with Gasteiger partial charge in [0.15, 0.2) is 0 Å². The molecular weight excluding hydrogens is 261 g/mol. The number of halogens is 6. The highest BCUT2D eigenvalue weighted by molar-refractivity contribution is 6.31. The van der Waals surface area contributed by atoms with Crippen LogP contribution in [0, 0.1) is 0 Å². The van der Waals surface area contributed by atoms with Gasteiger partial charge in [0.2, 0.25) is 0 Å². The molecule has 1 rings (SSSR count). The van der Waals surface area contributed by atoms with Gasteiger partial charge in [0.05, 0.1) is 10.6 Å². The third-order valence-corrected chi connectivity index (χ3v) is 1.63. The number of benzene rings is 1. The Hall–Kier alpha value is -0.320. The summed E-state index contributed by atoms with van der Waals surface area (Å²) in [6, 6.07) is 3.25. The van der Waals surface area contributed by atoms with E-state index in [0.29, 0.717) is 0 Å². The fraction of sp³-hybridized carbons (Fsp3) is 0.143. The van der Waals surface area contributed by atoms with Crippen LogP contribution in [0.4, 0.5) is 18.9 Å². The Bertz CT molecular complexity index is 301. The molecule has 0 atom stereocenters. The van der Waals surface area contributed by atoms with Gasteiger partial charge in [-0.15, -0.1) is 24.8 Å². The average Bonchev–Trinajstić information content (AvgIpc) is 1.92. The molecule has 0 bridgehead atoms. The number of rotatable bonds is 0. The third-order valence-electron chi connectivity index (χ3n) is 1.30. The fourth-order valence-electron chi connectivity index (χ4n) is 0.760. The van der Waals surface area contributed by atoms with Crippen molar-refractivity contribution >= 4 is 42.1 Å². The lowest BCUT2D eigenvalue weighted by atomic mass is 10.2. The number of anilines is 1. The molecule has 0 saturated carbocycles. The minimum absolute atomic E-state index is 0. The van der Waals surface area contributed by atoms with Crippen LogP contribution in [0.15, 0.2) is 18.2 Å². The number of nitrogens with two attached hydrogens (primary N) is 1. The molecule has 7 heteroatoms. The molecular formula is C7H7Cl3F3N. The fourth-order valence-corrected chi connectivity index (χ4v) is 0.985. The molecule has 0 spiro atoms. The van der Waals surface area contributed by atoms with Gasteiger partial charge in [0.1, 0.15) is 0 Å². The lowest BCUT2D eigenvalue weighted by molar-refractivity contribution is -0.137. The Morgan fingerprint density at radius 2 is 1.64 bits per heavy atom. The SMILES string of the molecule is Cl.Cl.Nc1ccc(Cl)c(C(F)(F)F)c1. The lowest BCUT2D eigenvalue weighted by Gasteiger charge is -2.08. The van der Waals surface area contributed by atoms with E-state index in [2.05, 4.69) is 0 Å². The minimum atomic E-state index is -4.44. The van der Waals surface area contributed by atoms with Crippen molar-refractivity contribution in [3.63, 3.8) is 0 Å². The largest absolute Gasteiger partial charge is 0.417 e. The first-order valence-electron chi connectivity index (χ1n) is 3.03. The van der Waals surface area contributed by atoms with Gasteiger partial charge >= 0.3 is 6.18 Å². The summed E-state index contributed by atoms with van der Waals surface area (Å²) in [4.78, 5) is 0. The molecule has 0 unspecified atom stereocenters. The van der Waals surface area contributed by atoms with Crippen molar-refractivity contribution in [2.45, 2.75) is 6.18 Å². The number of nitrogen functional groups attached to an aromatic ring is 1. The maximum Gasteiger partial charge on any atom is 0.417 e. The molecule has 14 heavy (non-hydrogen) atoms. The van der Waals surface area contributed by atoms with Gasteiger partial charge in [-0.1, -0.05) is 11.6 Å². The van der Waals surface area contributed by atoms with Crippen LogP contribution in [0.2, 0.25) is 5.02 Å². The summed E-state index contributed by atoms with van der Waals surface area (Å²) < 4.78 is 36.3. The van der Waals surface area contributed by atoms with Crippen molar-refractivity contribution in [3.8, 4) is 0 Å². The van der Waals surface area contributed by atoms with Crippen LogP contribution in [0.1, 0.15) is 5.56 Å². The predicted molar refractivity (Wildman–Crippen MR) is 55.4 cm³/mol. The van der Waals surface area contributed by atoms with E-state index in [-0.39, 0.29) is 35.5 Å². The molecule has 1 aromatic rings. The molecule has 0 saturated heterocycles. The number of hydrogen-bond donors (Lipinski definition) is 1. The summed E-state index contributed by atoms with van der Waals surface area (Å²) in [5.41, 5.74) is 4.31. The first kappa shape index (κ1) is 16.1. The van der Waals surface area contributed by atoms with E-state index in [1.807, 2.05) is 0 Å². The molecule has 0 aliphatic rings. The zero-order valence-electron chi connectivity index (χ0n) is 6.64. The van der Waals surface area contributed by atoms with Crippen molar-refractivity contribution in [2.75, 3.05) is 5.73 Å². The minimum Gasteiger partial charge on any atom is -0.399 e. The van der Waals surface area contributed by atoms with Crippen LogP contribution < -0.4 is 5.73 Å². The number of alkyl halides is 3. The Kier molecular flexibility index (Phi) is 6.37. The van der Waals surface area contributed by atoms with Gasteiger partial charge in [0.25, 0.3) is 0 Å². The maximum atomic E-state index is 12.1. The first-order valence-corrected chi connectivity index (χ1v) is 3.41. The molecule has 0 amide bonds. The van der Waals surface area contributed by atoms with Crippen LogP contribution in [-0.4, -0.2) is 0 Å². The zero-order valence-corrected chi connectivity index (χ0v) is 9.03. The van der Waals surface area contributed by atoms with E-state index in [0.717, 1.165) is 12.1 Å². The molecule has 1 nitrogen and oxygen atoms in total. The molecule has 1 aromatic carbocycles. The Morgan fingerprint density at radius 3 is 2.00 bits per heavy atom. The van der Waals surface area contributed by atoms with Crippen molar-refractivity contribution in [2.24, 2.45) is 0 Å². The molecule has 0 fully saturated rings. The standard InChI is InChI=1S/C7H5ClF3N.2ClH/c8-6-2-1-4(12)3-5(6)7(9,10)11;;/h1-3H,12H2;2*1H. The monoisotopic (exact) mass is 267 g/mol. The van der Waals surface area contributed by atoms with Crippen LogP contribution in [0.25, 0.3) is 0 Å². The summed E-state index contributed by atoms with van der Waals surface area (Å²) in [5.74, 6) is 0. The third kappa shape index (κ3) is 3.82. The summed E-state index contributed by atoms with van der Waals surface area (Å²) in [5, 5.41) is -0.336. The van der Waals surface area contributed by atoms with Crippen molar-refractivity contribution in [3.05, 3.63) is 28.8 Å². The van der Waals surface area contributed by atoms with Gasteiger partial charge in [-0.3, -0.25) is 0 Å². The topological polar surface area (TPSA) is 26.0 Å². The van der Waals surface area contributed by atoms with Crippen molar-refractivity contribution in [1.82, 2.24) is 0 Å². The normalized spacial score (nSPS) is 10.0. The van der Waals surface area contributed by atoms with Gasteiger partial charge < -0.3 is 5.73 Å². The first-order chi connectivity index (χ1) is 5.41. The molecule has 0 radical (unpaired) electrons. The molecule has 82 valence electrons. The van der Waals surface area contributed by atoms with E-state index < -0.39 is 11.7 Å². The van der Waals surface area contributed by atoms with E-state index in [1.54, 1.807) is 0 Å². The van der Waals surface area contributed by atoms with Crippen LogP contribution in [0.5, 0.6) is 0 Å². The van der Waals surface area contributed by atoms with E-state index in [4.69, 9.17) is 17.3 Å². The van der Waals surface area contributed by atoms with Gasteiger partial charge in [0, 0.05) is 5.69 Å². The van der Waals surface area contributed by atoms with E-state index >= 15 is 0 Å². The van der Waals surface area contributed by atoms with Crippen molar-refractivity contribution in [1.29, 1.82) is 0 Å². The van der Waals surface area contributed by atoms with E-state index in [1.165, 1.54) is 6.07 Å². The molecule has 2 N–H and O–H groups in total. The van der Waals surface area contributed by atoms with Gasteiger partial charge in [-0.2, -0.15) is 13.2 Å². The van der Waals surface area contributed by atoms with Crippen molar-refractivity contribution < 1.29 is 13.2 Å². The smallest absolute Gasteiger partial charge is 0.399 e. The second-order valence-electron chi connectivity index (χ2n) is 2.24. The van der Waals surface area contributed by atoms with Crippen LogP contribution >= 0.6 is 36.4 Å². The molecule has 0 aromatic heterocycles. The Morgan fingerprint density at radius 1 is 1.14 bits per heavy atom. The summed E-state index contributed by atoms with van der Waals surface area (Å²) in [7, 11) is 0.